The standard InChI is InChI=1S/C16H22N4S/c1-3-6-17-15(4-2)13-5-7-19(10-13)11-14-12-20-8-9-21-16(20)18-14/h5,7-10,12,15,17H,3-4,6,11H2,1-2H3. The van der Waals surface area contributed by atoms with Gasteiger partial charge in [0.1, 0.15) is 0 Å². The van der Waals surface area contributed by atoms with Crippen LogP contribution in [0.3, 0.4) is 0 Å². The van der Waals surface area contributed by atoms with Crippen LogP contribution in [0.2, 0.25) is 0 Å². The van der Waals surface area contributed by atoms with Crippen molar-refractivity contribution < 1.29 is 0 Å². The van der Waals surface area contributed by atoms with E-state index in [2.05, 4.69) is 69.3 Å². The van der Waals surface area contributed by atoms with Crippen molar-refractivity contribution in [3.05, 3.63) is 47.5 Å². The Labute approximate surface area is 129 Å². The number of hydrogen-bond donors (Lipinski definition) is 1. The van der Waals surface area contributed by atoms with E-state index >= 15 is 0 Å². The molecule has 3 heterocycles. The fourth-order valence-corrected chi connectivity index (χ4v) is 3.34. The molecule has 1 N–H and O–H groups in total. The first-order valence-corrected chi connectivity index (χ1v) is 8.48. The first-order chi connectivity index (χ1) is 10.3. The van der Waals surface area contributed by atoms with E-state index in [0.29, 0.717) is 6.04 Å². The number of thiazole rings is 1. The summed E-state index contributed by atoms with van der Waals surface area (Å²) < 4.78 is 4.31. The average Bonchev–Trinajstić information content (AvgIpc) is 3.16. The van der Waals surface area contributed by atoms with Gasteiger partial charge in [0.05, 0.1) is 12.2 Å². The highest BCUT2D eigenvalue weighted by atomic mass is 32.1. The fourth-order valence-electron chi connectivity index (χ4n) is 2.62. The molecule has 0 saturated carbocycles. The zero-order valence-corrected chi connectivity index (χ0v) is 13.4. The molecular weight excluding hydrogens is 280 g/mol. The average molecular weight is 302 g/mol. The van der Waals surface area contributed by atoms with Gasteiger partial charge in [-0.25, -0.2) is 4.98 Å². The molecule has 5 heteroatoms. The third kappa shape index (κ3) is 3.19. The first kappa shape index (κ1) is 14.4. The molecule has 0 spiro atoms. The maximum Gasteiger partial charge on any atom is 0.193 e. The van der Waals surface area contributed by atoms with E-state index in [0.717, 1.165) is 30.2 Å². The summed E-state index contributed by atoms with van der Waals surface area (Å²) in [7, 11) is 0. The molecule has 112 valence electrons. The van der Waals surface area contributed by atoms with Gasteiger partial charge in [-0.1, -0.05) is 13.8 Å². The molecule has 21 heavy (non-hydrogen) atoms. The Morgan fingerprint density at radius 2 is 2.19 bits per heavy atom. The Morgan fingerprint density at radius 1 is 1.29 bits per heavy atom. The minimum Gasteiger partial charge on any atom is -0.348 e. The topological polar surface area (TPSA) is 34.3 Å². The molecular formula is C16H22N4S. The summed E-state index contributed by atoms with van der Waals surface area (Å²) >= 11 is 1.67. The zero-order valence-electron chi connectivity index (χ0n) is 12.6. The van der Waals surface area contributed by atoms with E-state index < -0.39 is 0 Å². The summed E-state index contributed by atoms with van der Waals surface area (Å²) in [6.07, 6.45) is 10.8. The SMILES string of the molecule is CCCNC(CC)c1ccn(Cc2cn3ccsc3n2)c1. The van der Waals surface area contributed by atoms with E-state index in [1.54, 1.807) is 11.3 Å². The first-order valence-electron chi connectivity index (χ1n) is 7.60. The molecule has 0 amide bonds. The molecule has 0 fully saturated rings. The molecule has 1 atom stereocenters. The van der Waals surface area contributed by atoms with Gasteiger partial charge in [-0.15, -0.1) is 11.3 Å². The largest absolute Gasteiger partial charge is 0.348 e. The van der Waals surface area contributed by atoms with Crippen molar-refractivity contribution in [1.29, 1.82) is 0 Å². The van der Waals surface area contributed by atoms with E-state index in [1.165, 1.54) is 12.0 Å². The third-order valence-electron chi connectivity index (χ3n) is 3.71. The number of aromatic nitrogens is 3. The lowest BCUT2D eigenvalue weighted by molar-refractivity contribution is 0.517. The van der Waals surface area contributed by atoms with Gasteiger partial charge >= 0.3 is 0 Å². The van der Waals surface area contributed by atoms with Gasteiger partial charge in [-0.2, -0.15) is 0 Å². The Morgan fingerprint density at radius 3 is 2.95 bits per heavy atom. The number of nitrogens with zero attached hydrogens (tertiary/aromatic N) is 3. The summed E-state index contributed by atoms with van der Waals surface area (Å²) in [6, 6.07) is 2.67. The number of hydrogen-bond acceptors (Lipinski definition) is 3. The van der Waals surface area contributed by atoms with Crippen LogP contribution in [0.25, 0.3) is 4.96 Å². The molecule has 0 bridgehead atoms. The van der Waals surface area contributed by atoms with E-state index in [4.69, 9.17) is 0 Å². The predicted molar refractivity (Wildman–Crippen MR) is 87.9 cm³/mol. The van der Waals surface area contributed by atoms with Crippen molar-refractivity contribution in [3.8, 4) is 0 Å². The molecule has 0 aliphatic carbocycles. The van der Waals surface area contributed by atoms with Crippen LogP contribution in [0.5, 0.6) is 0 Å². The normalized spacial score (nSPS) is 13.0. The Bertz CT molecular complexity index is 665. The van der Waals surface area contributed by atoms with Crippen molar-refractivity contribution >= 4 is 16.3 Å². The summed E-state index contributed by atoms with van der Waals surface area (Å²) in [5, 5.41) is 5.66. The predicted octanol–water partition coefficient (Wildman–Crippen LogP) is 3.70. The van der Waals surface area contributed by atoms with Crippen LogP contribution < -0.4 is 5.32 Å². The van der Waals surface area contributed by atoms with Gasteiger partial charge in [0.15, 0.2) is 4.96 Å². The van der Waals surface area contributed by atoms with Crippen LogP contribution in [0.1, 0.15) is 44.0 Å². The highest BCUT2D eigenvalue weighted by Crippen LogP contribution is 2.18. The number of fused-ring (bicyclic) bond motifs is 1. The lowest BCUT2D eigenvalue weighted by Crippen LogP contribution is -2.21. The monoisotopic (exact) mass is 302 g/mol. The maximum atomic E-state index is 4.64. The second kappa shape index (κ2) is 6.45. The van der Waals surface area contributed by atoms with Gasteiger partial charge in [0.2, 0.25) is 0 Å². The summed E-state index contributed by atoms with van der Waals surface area (Å²) in [5.41, 5.74) is 2.48. The molecule has 3 rings (SSSR count). The van der Waals surface area contributed by atoms with Crippen molar-refractivity contribution in [2.75, 3.05) is 6.54 Å². The quantitative estimate of drug-likeness (QED) is 0.722. The summed E-state index contributed by atoms with van der Waals surface area (Å²) in [5.74, 6) is 0. The van der Waals surface area contributed by atoms with Crippen LogP contribution in [0.15, 0.2) is 36.2 Å². The minimum atomic E-state index is 0.455. The van der Waals surface area contributed by atoms with Gasteiger partial charge in [0, 0.05) is 36.2 Å². The summed E-state index contributed by atoms with van der Waals surface area (Å²) in [4.78, 5) is 5.70. The van der Waals surface area contributed by atoms with Crippen molar-refractivity contribution in [3.63, 3.8) is 0 Å². The highest BCUT2D eigenvalue weighted by molar-refractivity contribution is 7.15. The van der Waals surface area contributed by atoms with Crippen LogP contribution in [-0.4, -0.2) is 20.5 Å². The van der Waals surface area contributed by atoms with Crippen LogP contribution in [0.4, 0.5) is 0 Å². The number of imidazole rings is 1. The molecule has 3 aromatic rings. The van der Waals surface area contributed by atoms with E-state index in [-0.39, 0.29) is 0 Å². The third-order valence-corrected chi connectivity index (χ3v) is 4.48. The van der Waals surface area contributed by atoms with Crippen LogP contribution in [-0.2, 0) is 6.54 Å². The van der Waals surface area contributed by atoms with Gasteiger partial charge < -0.3 is 9.88 Å². The molecule has 3 aromatic heterocycles. The Balaban J connectivity index is 1.70. The lowest BCUT2D eigenvalue weighted by atomic mass is 10.1. The van der Waals surface area contributed by atoms with Crippen molar-refractivity contribution in [2.24, 2.45) is 0 Å². The number of nitrogens with one attached hydrogen (secondary N) is 1. The van der Waals surface area contributed by atoms with E-state index in [9.17, 15) is 0 Å². The summed E-state index contributed by atoms with van der Waals surface area (Å²) in [6.45, 7) is 6.34. The zero-order chi connectivity index (χ0) is 14.7. The minimum absolute atomic E-state index is 0.455. The molecule has 0 saturated heterocycles. The molecule has 1 unspecified atom stereocenters. The van der Waals surface area contributed by atoms with Gasteiger partial charge in [-0.05, 0) is 31.0 Å². The highest BCUT2D eigenvalue weighted by Gasteiger charge is 2.10. The van der Waals surface area contributed by atoms with Gasteiger partial charge in [-0.3, -0.25) is 4.40 Å². The number of rotatable bonds is 7. The van der Waals surface area contributed by atoms with Crippen LogP contribution >= 0.6 is 11.3 Å². The second-order valence-electron chi connectivity index (χ2n) is 5.36. The van der Waals surface area contributed by atoms with Crippen molar-refractivity contribution in [1.82, 2.24) is 19.3 Å². The second-order valence-corrected chi connectivity index (χ2v) is 6.23. The molecule has 0 aliphatic rings. The lowest BCUT2D eigenvalue weighted by Gasteiger charge is -2.14. The van der Waals surface area contributed by atoms with Gasteiger partial charge in [0.25, 0.3) is 0 Å². The Kier molecular flexibility index (Phi) is 4.41. The molecule has 0 aliphatic heterocycles. The molecule has 0 aromatic carbocycles. The van der Waals surface area contributed by atoms with Crippen molar-refractivity contribution in [2.45, 2.75) is 39.3 Å². The van der Waals surface area contributed by atoms with Crippen LogP contribution in [0, 0.1) is 0 Å². The molecule has 0 radical (unpaired) electrons. The Hall–Kier alpha value is -1.59. The molecule has 4 nitrogen and oxygen atoms in total. The maximum absolute atomic E-state index is 4.64. The van der Waals surface area contributed by atoms with E-state index in [1.807, 2.05) is 0 Å². The smallest absolute Gasteiger partial charge is 0.193 e. The fraction of sp³-hybridized carbons (Fsp3) is 0.438.